The van der Waals surface area contributed by atoms with Gasteiger partial charge in [-0.15, -0.1) is 0 Å². The van der Waals surface area contributed by atoms with Gasteiger partial charge in [0, 0.05) is 106 Å². The number of nitrogens with two attached hydrogens (primary N) is 2. The van der Waals surface area contributed by atoms with Crippen molar-refractivity contribution in [1.82, 2.24) is 41.4 Å². The van der Waals surface area contributed by atoms with E-state index in [0.717, 1.165) is 17.7 Å². The smallest absolute Gasteiger partial charge is 0.407 e. The number of fused-ring (bicyclic) bond motifs is 1. The first-order valence-electron chi connectivity index (χ1n) is 29.6. The highest BCUT2D eigenvalue weighted by Crippen LogP contribution is 2.30. The van der Waals surface area contributed by atoms with Crippen molar-refractivity contribution in [2.75, 3.05) is 67.9 Å². The Balaban J connectivity index is 0.878. The predicted molar refractivity (Wildman–Crippen MR) is 325 cm³/mol. The lowest BCUT2D eigenvalue weighted by atomic mass is 9.96. The van der Waals surface area contributed by atoms with Crippen LogP contribution in [0.4, 0.5) is 32.5 Å². The largest absolute Gasteiger partial charge is 0.445 e. The minimum Gasteiger partial charge on any atom is -0.445 e. The zero-order chi connectivity index (χ0) is 62.1. The maximum absolute atomic E-state index is 13.7. The van der Waals surface area contributed by atoms with E-state index >= 15 is 0 Å². The van der Waals surface area contributed by atoms with Gasteiger partial charge in [-0.2, -0.15) is 0 Å². The molecule has 0 radical (unpaired) electrons. The Morgan fingerprint density at radius 2 is 1.47 bits per heavy atom. The van der Waals surface area contributed by atoms with Crippen molar-refractivity contribution in [3.8, 4) is 0 Å². The van der Waals surface area contributed by atoms with E-state index in [-0.39, 0.29) is 99.3 Å². The molecule has 1 aromatic heterocycles. The number of pyridine rings is 1. The van der Waals surface area contributed by atoms with Gasteiger partial charge in [-0.05, 0) is 112 Å². The summed E-state index contributed by atoms with van der Waals surface area (Å²) in [6, 6.07) is 12.6. The van der Waals surface area contributed by atoms with E-state index in [2.05, 4.69) is 52.1 Å². The number of nitrogens with zero attached hydrogens (tertiary/aromatic N) is 5. The van der Waals surface area contributed by atoms with Gasteiger partial charge in [0.25, 0.3) is 17.7 Å². The number of primary amides is 1. The number of carbonyl (C=O) groups excluding carboxylic acids is 10. The molecule has 3 aromatic rings. The SMILES string of the molecule is CCCN(CCC)C(=O)C1=Cc2ccc(C(=O)Nc3ccc(N4CCC(C(=O)NCCNC(=O)OCc5ccc(NC(=O)[C@H](CCCCNC(N)=O)NC(=O)[C@@H](NC(=O)CCCCCN6C(=O)C=CC6=O)C(C)C)cc5)CC4)nc3)cc2N=C(N)C1. The molecule has 0 saturated carbocycles. The van der Waals surface area contributed by atoms with E-state index < -0.39 is 36.0 Å². The lowest BCUT2D eigenvalue weighted by molar-refractivity contribution is -0.137. The zero-order valence-corrected chi connectivity index (χ0v) is 49.5. The fourth-order valence-electron chi connectivity index (χ4n) is 9.94. The number of anilines is 3. The molecule has 462 valence electrons. The summed E-state index contributed by atoms with van der Waals surface area (Å²) in [4.78, 5) is 142. The number of hydrogen-bond acceptors (Lipinski definition) is 15. The van der Waals surface area contributed by atoms with Crippen molar-refractivity contribution in [1.29, 1.82) is 0 Å². The first-order valence-corrected chi connectivity index (χ1v) is 29.6. The lowest BCUT2D eigenvalue weighted by Crippen LogP contribution is -2.54. The summed E-state index contributed by atoms with van der Waals surface area (Å²) >= 11 is 0. The summed E-state index contributed by atoms with van der Waals surface area (Å²) < 4.78 is 5.37. The van der Waals surface area contributed by atoms with Crippen LogP contribution in [-0.2, 0) is 44.9 Å². The Hall–Kier alpha value is -9.16. The molecule has 25 nitrogen and oxygen atoms in total. The van der Waals surface area contributed by atoms with Crippen molar-refractivity contribution < 1.29 is 52.7 Å². The van der Waals surface area contributed by atoms with E-state index in [1.165, 1.54) is 12.2 Å². The number of rotatable bonds is 31. The van der Waals surface area contributed by atoms with Gasteiger partial charge < -0.3 is 63.2 Å². The summed E-state index contributed by atoms with van der Waals surface area (Å²) in [7, 11) is 0. The normalized spacial score (nSPS) is 14.6. The van der Waals surface area contributed by atoms with Gasteiger partial charge in [-0.25, -0.2) is 19.6 Å². The summed E-state index contributed by atoms with van der Waals surface area (Å²) in [5, 5.41) is 19.3. The number of urea groups is 1. The van der Waals surface area contributed by atoms with Crippen LogP contribution in [0.15, 0.2) is 83.5 Å². The first kappa shape index (κ1) is 66.0. The lowest BCUT2D eigenvalue weighted by Gasteiger charge is -2.32. The third-order valence-electron chi connectivity index (χ3n) is 14.6. The molecule has 11 amide bonds. The third kappa shape index (κ3) is 20.6. The van der Waals surface area contributed by atoms with Gasteiger partial charge >= 0.3 is 12.1 Å². The van der Waals surface area contributed by atoms with Crippen LogP contribution in [0.1, 0.15) is 126 Å². The number of aromatic nitrogens is 1. The van der Waals surface area contributed by atoms with Gasteiger partial charge in [-0.1, -0.05) is 52.3 Å². The van der Waals surface area contributed by atoms with Crippen molar-refractivity contribution in [2.45, 2.75) is 123 Å². The van der Waals surface area contributed by atoms with Crippen LogP contribution < -0.4 is 53.6 Å². The minimum atomic E-state index is -1.01. The predicted octanol–water partition coefficient (Wildman–Crippen LogP) is 4.91. The molecule has 3 aliphatic rings. The average molecular weight is 1190 g/mol. The maximum atomic E-state index is 13.7. The van der Waals surface area contributed by atoms with Crippen molar-refractivity contribution in [3.63, 3.8) is 0 Å². The highest BCUT2D eigenvalue weighted by Gasteiger charge is 2.30. The summed E-state index contributed by atoms with van der Waals surface area (Å²) in [5.41, 5.74) is 15.1. The number of amides is 11. The zero-order valence-electron chi connectivity index (χ0n) is 49.5. The molecular formula is C61H82N14O11. The molecule has 2 aromatic carbocycles. The van der Waals surface area contributed by atoms with E-state index in [9.17, 15) is 47.9 Å². The number of unbranched alkanes of at least 4 members (excludes halogenated alkanes) is 3. The molecule has 0 aliphatic carbocycles. The first-order chi connectivity index (χ1) is 41.3. The number of alkyl carbamates (subject to hydrolysis) is 1. The number of imide groups is 1. The Kier molecular flexibility index (Phi) is 25.6. The number of carbonyl (C=O) groups is 10. The molecule has 4 heterocycles. The van der Waals surface area contributed by atoms with Crippen LogP contribution in [0.5, 0.6) is 0 Å². The second-order valence-corrected chi connectivity index (χ2v) is 21.7. The molecule has 0 bridgehead atoms. The molecule has 6 rings (SSSR count). The van der Waals surface area contributed by atoms with Crippen LogP contribution in [-0.4, -0.2) is 144 Å². The van der Waals surface area contributed by atoms with Gasteiger partial charge in [0.15, 0.2) is 0 Å². The second kappa shape index (κ2) is 33.4. The third-order valence-corrected chi connectivity index (χ3v) is 14.6. The number of nitrogens with one attached hydrogen (secondary N) is 7. The molecule has 3 aliphatic heterocycles. The topological polar surface area (TPSA) is 351 Å². The number of amidine groups is 1. The minimum absolute atomic E-state index is 0.0643. The van der Waals surface area contributed by atoms with Crippen LogP contribution in [0.2, 0.25) is 0 Å². The number of aliphatic imine (C=N–C) groups is 1. The second-order valence-electron chi connectivity index (χ2n) is 21.7. The van der Waals surface area contributed by atoms with E-state index in [1.54, 1.807) is 74.7 Å². The van der Waals surface area contributed by atoms with Gasteiger partial charge in [-0.3, -0.25) is 43.3 Å². The van der Waals surface area contributed by atoms with Crippen LogP contribution in [0, 0.1) is 11.8 Å². The van der Waals surface area contributed by atoms with E-state index in [4.69, 9.17) is 16.2 Å². The van der Waals surface area contributed by atoms with Gasteiger partial charge in [0.05, 0.1) is 17.6 Å². The Labute approximate surface area is 501 Å². The molecule has 1 saturated heterocycles. The fourth-order valence-corrected chi connectivity index (χ4v) is 9.94. The Morgan fingerprint density at radius 3 is 2.13 bits per heavy atom. The van der Waals surface area contributed by atoms with Crippen molar-refractivity contribution in [3.05, 3.63) is 95.2 Å². The van der Waals surface area contributed by atoms with Gasteiger partial charge in [0.1, 0.15) is 30.3 Å². The summed E-state index contributed by atoms with van der Waals surface area (Å²) in [6.45, 7) is 10.8. The number of hydrogen-bond donors (Lipinski definition) is 9. The summed E-state index contributed by atoms with van der Waals surface area (Å²) in [5.74, 6) is -2.26. The van der Waals surface area contributed by atoms with Crippen LogP contribution in [0.25, 0.3) is 6.08 Å². The molecule has 25 heteroatoms. The molecular weight excluding hydrogens is 1100 g/mol. The number of ether oxygens (including phenoxy) is 1. The Bertz CT molecular complexity index is 2970. The summed E-state index contributed by atoms with van der Waals surface area (Å²) in [6.07, 6.45) is 11.0. The molecule has 0 spiro atoms. The molecule has 11 N–H and O–H groups in total. The van der Waals surface area contributed by atoms with Crippen LogP contribution >= 0.6 is 0 Å². The maximum Gasteiger partial charge on any atom is 0.407 e. The highest BCUT2D eigenvalue weighted by atomic mass is 16.5. The standard InChI is InChI=1S/C61H82N14O11/c1-5-29-74(30-6-2)59(83)44-34-42-16-17-43(35-48(42)70-49(62)36-44)56(80)69-46-20-21-50(67-37-46)73-32-24-41(25-33-73)55(79)64-27-28-66-61(85)86-38-40-14-18-45(19-15-40)68-57(81)47(12-9-10-26-65-60(63)84)71-58(82)54(39(3)4)72-51(76)13-8-7-11-31-75-52(77)22-23-53(75)78/h14-23,34-35,37,39,41,47,54H,5-13,24-33,36,38H2,1-4H3,(H2,62,70)(H,64,79)(H,66,85)(H,68,81)(H,69,80)(H,71,82)(H,72,76)(H3,63,65,84)/t47-,54-/m0/s1. The van der Waals surface area contributed by atoms with E-state index in [0.29, 0.717) is 122 Å². The highest BCUT2D eigenvalue weighted by molar-refractivity contribution is 6.13. The molecule has 2 atom stereocenters. The Morgan fingerprint density at radius 1 is 0.767 bits per heavy atom. The quantitative estimate of drug-likeness (QED) is 0.0306. The monoisotopic (exact) mass is 1190 g/mol. The molecule has 0 unspecified atom stereocenters. The average Bonchev–Trinajstić information content (AvgIpc) is 3.84. The molecule has 86 heavy (non-hydrogen) atoms. The fraction of sp³-hybridized carbons (Fsp3) is 0.475. The number of benzene rings is 2. The van der Waals surface area contributed by atoms with Crippen molar-refractivity contribution in [2.24, 2.45) is 28.3 Å². The van der Waals surface area contributed by atoms with E-state index in [1.807, 2.05) is 24.8 Å². The molecule has 1 fully saturated rings. The number of piperidine rings is 1. The van der Waals surface area contributed by atoms with Gasteiger partial charge in [0.2, 0.25) is 29.5 Å². The van der Waals surface area contributed by atoms with Crippen LogP contribution in [0.3, 0.4) is 0 Å². The van der Waals surface area contributed by atoms with Crippen molar-refractivity contribution >= 4 is 94.2 Å².